The molecule has 1 heterocycles. The van der Waals surface area contributed by atoms with Gasteiger partial charge in [-0.1, -0.05) is 6.07 Å². The van der Waals surface area contributed by atoms with Gasteiger partial charge in [-0.3, -0.25) is 10.1 Å². The van der Waals surface area contributed by atoms with Crippen molar-refractivity contribution in [1.29, 1.82) is 0 Å². The Morgan fingerprint density at radius 3 is 2.55 bits per heavy atom. The quantitative estimate of drug-likeness (QED) is 0.897. The molecular weight excluding hydrogens is 260 g/mol. The summed E-state index contributed by atoms with van der Waals surface area (Å²) >= 11 is 0. The van der Waals surface area contributed by atoms with Gasteiger partial charge in [0.05, 0.1) is 12.9 Å². The number of carbonyl (C=O) groups is 2. The number of carbonyl (C=O) groups excluding carboxylic acids is 2. The fourth-order valence-electron chi connectivity index (χ4n) is 1.56. The second-order valence-electron chi connectivity index (χ2n) is 3.86. The van der Waals surface area contributed by atoms with Crippen LogP contribution >= 0.6 is 0 Å². The summed E-state index contributed by atoms with van der Waals surface area (Å²) in [6.45, 7) is 2.01. The van der Waals surface area contributed by atoms with Crippen molar-refractivity contribution < 1.29 is 18.7 Å². The van der Waals surface area contributed by atoms with E-state index in [4.69, 9.17) is 9.15 Å². The molecule has 104 valence electrons. The normalized spacial score (nSPS) is 9.85. The van der Waals surface area contributed by atoms with Gasteiger partial charge in [0.25, 0.3) is 5.91 Å². The fourth-order valence-corrected chi connectivity index (χ4v) is 1.56. The molecule has 0 aliphatic rings. The highest BCUT2D eigenvalue weighted by Crippen LogP contribution is 2.16. The van der Waals surface area contributed by atoms with E-state index >= 15 is 0 Å². The molecule has 0 bridgehead atoms. The highest BCUT2D eigenvalue weighted by molar-refractivity contribution is 6.02. The summed E-state index contributed by atoms with van der Waals surface area (Å²) in [4.78, 5) is 23.1. The van der Waals surface area contributed by atoms with Crippen molar-refractivity contribution in [3.8, 4) is 0 Å². The summed E-state index contributed by atoms with van der Waals surface area (Å²) in [5.41, 5.74) is 1.07. The van der Waals surface area contributed by atoms with Crippen LogP contribution in [-0.4, -0.2) is 18.6 Å². The molecule has 2 rings (SSSR count). The van der Waals surface area contributed by atoms with Gasteiger partial charge < -0.3 is 14.5 Å². The van der Waals surface area contributed by atoms with Crippen molar-refractivity contribution >= 4 is 23.4 Å². The smallest absolute Gasteiger partial charge is 0.411 e. The fraction of sp³-hybridized carbons (Fsp3) is 0.143. The van der Waals surface area contributed by atoms with E-state index in [9.17, 15) is 9.59 Å². The number of hydrogen-bond donors (Lipinski definition) is 2. The Labute approximate surface area is 115 Å². The molecule has 20 heavy (non-hydrogen) atoms. The lowest BCUT2D eigenvalue weighted by Crippen LogP contribution is -2.14. The maximum absolute atomic E-state index is 11.8. The standard InChI is InChI=1S/C14H14N2O4/c1-2-19-14(18)16-11-6-3-5-10(9-11)15-13(17)12-7-4-8-20-12/h3-9H,2H2,1H3,(H,15,17)(H,16,18). The van der Waals surface area contributed by atoms with E-state index in [-0.39, 0.29) is 11.7 Å². The predicted octanol–water partition coefficient (Wildman–Crippen LogP) is 3.10. The molecule has 0 saturated carbocycles. The van der Waals surface area contributed by atoms with E-state index in [2.05, 4.69) is 10.6 Å². The average Bonchev–Trinajstić information content (AvgIpc) is 2.93. The highest BCUT2D eigenvalue weighted by Gasteiger charge is 2.09. The van der Waals surface area contributed by atoms with E-state index in [1.807, 2.05) is 0 Å². The van der Waals surface area contributed by atoms with Crippen LogP contribution in [0, 0.1) is 0 Å². The maximum atomic E-state index is 11.8. The third-order valence-electron chi connectivity index (χ3n) is 2.39. The number of benzene rings is 1. The summed E-state index contributed by atoms with van der Waals surface area (Å²) in [5, 5.41) is 5.22. The Morgan fingerprint density at radius 2 is 1.90 bits per heavy atom. The number of rotatable bonds is 4. The van der Waals surface area contributed by atoms with Crippen LogP contribution in [0.4, 0.5) is 16.2 Å². The molecule has 1 aromatic carbocycles. The third-order valence-corrected chi connectivity index (χ3v) is 2.39. The Balaban J connectivity index is 2.02. The molecule has 0 unspecified atom stereocenters. The van der Waals surface area contributed by atoms with Gasteiger partial charge in [-0.05, 0) is 37.3 Å². The lowest BCUT2D eigenvalue weighted by atomic mass is 10.2. The molecule has 0 atom stereocenters. The molecule has 0 radical (unpaired) electrons. The molecule has 1 aromatic heterocycles. The van der Waals surface area contributed by atoms with Crippen molar-refractivity contribution in [3.63, 3.8) is 0 Å². The van der Waals surface area contributed by atoms with Crippen molar-refractivity contribution in [1.82, 2.24) is 0 Å². The molecule has 2 amide bonds. The largest absolute Gasteiger partial charge is 0.459 e. The zero-order chi connectivity index (χ0) is 14.4. The van der Waals surface area contributed by atoms with Gasteiger partial charge in [0.2, 0.25) is 0 Å². The van der Waals surface area contributed by atoms with Crippen LogP contribution in [-0.2, 0) is 4.74 Å². The first kappa shape index (κ1) is 13.7. The van der Waals surface area contributed by atoms with Crippen LogP contribution in [0.2, 0.25) is 0 Å². The molecule has 6 nitrogen and oxygen atoms in total. The molecule has 0 saturated heterocycles. The van der Waals surface area contributed by atoms with Crippen LogP contribution in [0.25, 0.3) is 0 Å². The number of hydrogen-bond acceptors (Lipinski definition) is 4. The van der Waals surface area contributed by atoms with Gasteiger partial charge in [0.1, 0.15) is 0 Å². The van der Waals surface area contributed by atoms with Gasteiger partial charge in [0, 0.05) is 11.4 Å². The molecule has 0 aliphatic carbocycles. The van der Waals surface area contributed by atoms with Crippen LogP contribution < -0.4 is 10.6 Å². The van der Waals surface area contributed by atoms with Crippen LogP contribution in [0.5, 0.6) is 0 Å². The van der Waals surface area contributed by atoms with Gasteiger partial charge >= 0.3 is 6.09 Å². The Hall–Kier alpha value is -2.76. The Morgan fingerprint density at radius 1 is 1.15 bits per heavy atom. The number of nitrogens with one attached hydrogen (secondary N) is 2. The van der Waals surface area contributed by atoms with Gasteiger partial charge in [-0.2, -0.15) is 0 Å². The minimum absolute atomic E-state index is 0.216. The molecule has 2 aromatic rings. The third kappa shape index (κ3) is 3.61. The lowest BCUT2D eigenvalue weighted by Gasteiger charge is -2.08. The van der Waals surface area contributed by atoms with Crippen LogP contribution in [0.3, 0.4) is 0 Å². The molecular formula is C14H14N2O4. The van der Waals surface area contributed by atoms with Crippen molar-refractivity contribution in [3.05, 3.63) is 48.4 Å². The predicted molar refractivity (Wildman–Crippen MR) is 73.7 cm³/mol. The number of anilines is 2. The van der Waals surface area contributed by atoms with E-state index < -0.39 is 6.09 Å². The average molecular weight is 274 g/mol. The minimum atomic E-state index is -0.540. The zero-order valence-corrected chi connectivity index (χ0v) is 10.9. The van der Waals surface area contributed by atoms with Crippen molar-refractivity contribution in [2.75, 3.05) is 17.2 Å². The van der Waals surface area contributed by atoms with E-state index in [0.717, 1.165) is 0 Å². The first-order valence-corrected chi connectivity index (χ1v) is 6.07. The zero-order valence-electron chi connectivity index (χ0n) is 10.9. The topological polar surface area (TPSA) is 80.6 Å². The number of furan rings is 1. The van der Waals surface area contributed by atoms with Crippen LogP contribution in [0.1, 0.15) is 17.5 Å². The first-order chi connectivity index (χ1) is 9.69. The number of ether oxygens (including phenoxy) is 1. The first-order valence-electron chi connectivity index (χ1n) is 6.07. The van der Waals surface area contributed by atoms with Gasteiger partial charge in [-0.15, -0.1) is 0 Å². The Bertz CT molecular complexity index is 593. The van der Waals surface area contributed by atoms with Gasteiger partial charge in [-0.25, -0.2) is 4.79 Å². The maximum Gasteiger partial charge on any atom is 0.411 e. The van der Waals surface area contributed by atoms with Crippen molar-refractivity contribution in [2.45, 2.75) is 6.92 Å². The second-order valence-corrected chi connectivity index (χ2v) is 3.86. The molecule has 0 spiro atoms. The van der Waals surface area contributed by atoms with E-state index in [0.29, 0.717) is 18.0 Å². The molecule has 0 fully saturated rings. The van der Waals surface area contributed by atoms with E-state index in [1.165, 1.54) is 6.26 Å². The van der Waals surface area contributed by atoms with Crippen molar-refractivity contribution in [2.24, 2.45) is 0 Å². The molecule has 6 heteroatoms. The van der Waals surface area contributed by atoms with Gasteiger partial charge in [0.15, 0.2) is 5.76 Å². The lowest BCUT2D eigenvalue weighted by molar-refractivity contribution is 0.0996. The molecule has 2 N–H and O–H groups in total. The number of amides is 2. The van der Waals surface area contributed by atoms with Crippen LogP contribution in [0.15, 0.2) is 47.1 Å². The summed E-state index contributed by atoms with van der Waals surface area (Å²) in [7, 11) is 0. The van der Waals surface area contributed by atoms with E-state index in [1.54, 1.807) is 43.3 Å². The summed E-state index contributed by atoms with van der Waals surface area (Å²) in [6.07, 6.45) is 0.884. The summed E-state index contributed by atoms with van der Waals surface area (Å²) in [5.74, 6) is -0.142. The minimum Gasteiger partial charge on any atom is -0.459 e. The monoisotopic (exact) mass is 274 g/mol. The molecule has 0 aliphatic heterocycles. The SMILES string of the molecule is CCOC(=O)Nc1cccc(NC(=O)c2ccco2)c1. The second kappa shape index (κ2) is 6.42. The summed E-state index contributed by atoms with van der Waals surface area (Å²) in [6, 6.07) is 9.93. The summed E-state index contributed by atoms with van der Waals surface area (Å²) < 4.78 is 9.77. The highest BCUT2D eigenvalue weighted by atomic mass is 16.5. The Kier molecular flexibility index (Phi) is 4.39.